The quantitative estimate of drug-likeness (QED) is 0.556. The fourth-order valence-electron chi connectivity index (χ4n) is 1.28. The van der Waals surface area contributed by atoms with Crippen molar-refractivity contribution >= 4 is 6.29 Å². The van der Waals surface area contributed by atoms with Gasteiger partial charge in [0.05, 0.1) is 6.04 Å². The maximum absolute atomic E-state index is 10.5. The van der Waals surface area contributed by atoms with Crippen LogP contribution in [-0.4, -0.2) is 12.3 Å². The first kappa shape index (κ1) is 9.68. The van der Waals surface area contributed by atoms with Gasteiger partial charge in [0.1, 0.15) is 6.29 Å². The van der Waals surface area contributed by atoms with Crippen LogP contribution >= 0.6 is 0 Å². The predicted octanol–water partition coefficient (Wildman–Crippen LogP) is 1.48. The Morgan fingerprint density at radius 2 is 1.92 bits per heavy atom. The molecule has 0 radical (unpaired) electrons. The van der Waals surface area contributed by atoms with Crippen LogP contribution in [0.5, 0.6) is 0 Å². The maximum atomic E-state index is 10.5. The summed E-state index contributed by atoms with van der Waals surface area (Å²) in [4.78, 5) is 10.5. The molecule has 0 aliphatic rings. The number of hydrogen-bond acceptors (Lipinski definition) is 2. The molecule has 2 heteroatoms. The van der Waals surface area contributed by atoms with E-state index in [0.29, 0.717) is 0 Å². The predicted molar refractivity (Wildman–Crippen MR) is 53.4 cm³/mol. The van der Waals surface area contributed by atoms with Crippen molar-refractivity contribution in [2.24, 2.45) is 5.73 Å². The smallest absolute Gasteiger partial charge is 0.137 e. The van der Waals surface area contributed by atoms with E-state index in [1.807, 2.05) is 30.3 Å². The molecule has 13 heavy (non-hydrogen) atoms. The van der Waals surface area contributed by atoms with Crippen LogP contribution in [0.2, 0.25) is 0 Å². The molecular weight excluding hydrogens is 162 g/mol. The van der Waals surface area contributed by atoms with Gasteiger partial charge < -0.3 is 10.5 Å². The van der Waals surface area contributed by atoms with Gasteiger partial charge in [-0.2, -0.15) is 0 Å². The number of carbonyl (C=O) groups excluding carboxylic acids is 1. The van der Waals surface area contributed by atoms with Crippen molar-refractivity contribution < 1.29 is 4.79 Å². The molecule has 1 aromatic carbocycles. The fraction of sp³-hybridized carbons (Fsp3) is 0.182. The van der Waals surface area contributed by atoms with E-state index >= 15 is 0 Å². The monoisotopic (exact) mass is 175 g/mol. The van der Waals surface area contributed by atoms with Crippen LogP contribution < -0.4 is 5.73 Å². The van der Waals surface area contributed by atoms with Crippen LogP contribution in [0.3, 0.4) is 0 Å². The second-order valence-electron chi connectivity index (χ2n) is 2.89. The summed E-state index contributed by atoms with van der Waals surface area (Å²) in [5, 5.41) is 0. The normalized spacial score (nSPS) is 14.5. The molecular formula is C11H13NO. The van der Waals surface area contributed by atoms with Crippen molar-refractivity contribution in [3.8, 4) is 0 Å². The van der Waals surface area contributed by atoms with E-state index in [0.717, 1.165) is 11.8 Å². The molecule has 68 valence electrons. The molecule has 0 unspecified atom stereocenters. The molecule has 1 aromatic rings. The van der Waals surface area contributed by atoms with Crippen molar-refractivity contribution in [3.63, 3.8) is 0 Å². The summed E-state index contributed by atoms with van der Waals surface area (Å²) >= 11 is 0. The molecule has 0 saturated heterocycles. The Balaban J connectivity index is 2.90. The Kier molecular flexibility index (Phi) is 3.41. The van der Waals surface area contributed by atoms with Gasteiger partial charge >= 0.3 is 0 Å². The lowest BCUT2D eigenvalue weighted by molar-refractivity contribution is -0.109. The Bertz CT molecular complexity index is 281. The van der Waals surface area contributed by atoms with Crippen molar-refractivity contribution in [2.45, 2.75) is 12.0 Å². The topological polar surface area (TPSA) is 43.1 Å². The second-order valence-corrected chi connectivity index (χ2v) is 2.89. The maximum Gasteiger partial charge on any atom is 0.137 e. The van der Waals surface area contributed by atoms with Crippen LogP contribution in [0.25, 0.3) is 0 Å². The van der Waals surface area contributed by atoms with E-state index in [2.05, 4.69) is 6.58 Å². The van der Waals surface area contributed by atoms with Gasteiger partial charge in [0.15, 0.2) is 0 Å². The SMILES string of the molecule is C=C[C@H](c1ccccc1)[C@H](N)C=O. The fourth-order valence-corrected chi connectivity index (χ4v) is 1.28. The first-order valence-corrected chi connectivity index (χ1v) is 4.18. The number of nitrogens with two attached hydrogens (primary N) is 1. The Morgan fingerprint density at radius 3 is 2.38 bits per heavy atom. The van der Waals surface area contributed by atoms with Crippen LogP contribution in [0.15, 0.2) is 43.0 Å². The molecule has 1 rings (SSSR count). The average molecular weight is 175 g/mol. The van der Waals surface area contributed by atoms with Gasteiger partial charge in [-0.15, -0.1) is 6.58 Å². The molecule has 2 atom stereocenters. The standard InChI is InChI=1S/C11H13NO/c1-2-10(11(12)8-13)9-6-4-3-5-7-9/h2-8,10-11H,1,12H2/t10-,11-/m1/s1. The van der Waals surface area contributed by atoms with E-state index in [9.17, 15) is 4.79 Å². The molecule has 0 amide bonds. The van der Waals surface area contributed by atoms with E-state index in [4.69, 9.17) is 5.73 Å². The Labute approximate surface area is 78.1 Å². The molecule has 0 aliphatic carbocycles. The summed E-state index contributed by atoms with van der Waals surface area (Å²) in [7, 11) is 0. The minimum Gasteiger partial charge on any atom is -0.321 e. The van der Waals surface area contributed by atoms with Crippen molar-refractivity contribution in [2.75, 3.05) is 0 Å². The van der Waals surface area contributed by atoms with E-state index in [1.54, 1.807) is 6.08 Å². The molecule has 0 fully saturated rings. The van der Waals surface area contributed by atoms with Gasteiger partial charge in [-0.3, -0.25) is 0 Å². The Morgan fingerprint density at radius 1 is 1.31 bits per heavy atom. The van der Waals surface area contributed by atoms with Crippen LogP contribution in [-0.2, 0) is 4.79 Å². The zero-order chi connectivity index (χ0) is 9.68. The summed E-state index contributed by atoms with van der Waals surface area (Å²) in [5.74, 6) is -0.0845. The third kappa shape index (κ3) is 2.26. The van der Waals surface area contributed by atoms with E-state index in [1.165, 1.54) is 0 Å². The highest BCUT2D eigenvalue weighted by Gasteiger charge is 2.14. The van der Waals surface area contributed by atoms with Gasteiger partial charge in [-0.05, 0) is 5.56 Å². The average Bonchev–Trinajstić information content (AvgIpc) is 2.20. The molecule has 0 aliphatic heterocycles. The number of benzene rings is 1. The Hall–Kier alpha value is -1.41. The first-order chi connectivity index (χ1) is 6.29. The minimum atomic E-state index is -0.500. The van der Waals surface area contributed by atoms with Crippen molar-refractivity contribution in [1.82, 2.24) is 0 Å². The molecule has 2 N–H and O–H groups in total. The van der Waals surface area contributed by atoms with Crippen molar-refractivity contribution in [3.05, 3.63) is 48.6 Å². The van der Waals surface area contributed by atoms with Crippen LogP contribution in [0.4, 0.5) is 0 Å². The van der Waals surface area contributed by atoms with Crippen molar-refractivity contribution in [1.29, 1.82) is 0 Å². The minimum absolute atomic E-state index is 0.0845. The van der Waals surface area contributed by atoms with Crippen LogP contribution in [0, 0.1) is 0 Å². The number of hydrogen-bond donors (Lipinski definition) is 1. The highest BCUT2D eigenvalue weighted by Crippen LogP contribution is 2.18. The third-order valence-corrected chi connectivity index (χ3v) is 2.01. The van der Waals surface area contributed by atoms with E-state index in [-0.39, 0.29) is 5.92 Å². The summed E-state index contributed by atoms with van der Waals surface area (Å²) < 4.78 is 0. The molecule has 0 aromatic heterocycles. The largest absolute Gasteiger partial charge is 0.321 e. The lowest BCUT2D eigenvalue weighted by Gasteiger charge is -2.15. The zero-order valence-electron chi connectivity index (χ0n) is 7.39. The van der Waals surface area contributed by atoms with Crippen LogP contribution in [0.1, 0.15) is 11.5 Å². The number of rotatable bonds is 4. The summed E-state index contributed by atoms with van der Waals surface area (Å²) in [6.07, 6.45) is 2.45. The summed E-state index contributed by atoms with van der Waals surface area (Å²) in [6, 6.07) is 9.15. The van der Waals surface area contributed by atoms with Gasteiger partial charge in [-0.1, -0.05) is 36.4 Å². The zero-order valence-corrected chi connectivity index (χ0v) is 7.39. The van der Waals surface area contributed by atoms with Gasteiger partial charge in [0.2, 0.25) is 0 Å². The molecule has 2 nitrogen and oxygen atoms in total. The summed E-state index contributed by atoms with van der Waals surface area (Å²) in [5.41, 5.74) is 6.65. The van der Waals surface area contributed by atoms with Gasteiger partial charge in [0.25, 0.3) is 0 Å². The second kappa shape index (κ2) is 4.58. The molecule has 0 heterocycles. The molecule has 0 saturated carbocycles. The number of carbonyl (C=O) groups is 1. The van der Waals surface area contributed by atoms with Gasteiger partial charge in [0, 0.05) is 5.92 Å². The highest BCUT2D eigenvalue weighted by molar-refractivity contribution is 5.60. The lowest BCUT2D eigenvalue weighted by Crippen LogP contribution is -2.28. The van der Waals surface area contributed by atoms with E-state index < -0.39 is 6.04 Å². The number of aldehydes is 1. The first-order valence-electron chi connectivity index (χ1n) is 4.18. The lowest BCUT2D eigenvalue weighted by atomic mass is 9.93. The summed E-state index contributed by atoms with van der Waals surface area (Å²) in [6.45, 7) is 3.67. The highest BCUT2D eigenvalue weighted by atomic mass is 16.1. The molecule has 0 bridgehead atoms. The third-order valence-electron chi connectivity index (χ3n) is 2.01. The van der Waals surface area contributed by atoms with Gasteiger partial charge in [-0.25, -0.2) is 0 Å². The molecule has 0 spiro atoms.